The lowest BCUT2D eigenvalue weighted by Crippen LogP contribution is -2.34. The Balaban J connectivity index is 2.03. The minimum atomic E-state index is -1.12. The average Bonchev–Trinajstić information content (AvgIpc) is 2.68. The average molecular weight is 427 g/mol. The minimum absolute atomic E-state index is 0.0356. The van der Waals surface area contributed by atoms with Gasteiger partial charge in [-0.25, -0.2) is 4.79 Å². The summed E-state index contributed by atoms with van der Waals surface area (Å²) in [6.07, 6.45) is -1.83. The number of ether oxygens (including phenoxy) is 2. The molecule has 0 fully saturated rings. The highest BCUT2D eigenvalue weighted by molar-refractivity contribution is 5.96. The fourth-order valence-corrected chi connectivity index (χ4v) is 2.74. The van der Waals surface area contributed by atoms with E-state index in [-0.39, 0.29) is 13.0 Å². The summed E-state index contributed by atoms with van der Waals surface area (Å²) in [7, 11) is 0. The molecule has 2 amide bonds. The van der Waals surface area contributed by atoms with Gasteiger partial charge in [0.2, 0.25) is 6.10 Å². The van der Waals surface area contributed by atoms with Gasteiger partial charge in [0.05, 0.1) is 6.42 Å². The molecule has 2 rings (SSSR count). The summed E-state index contributed by atoms with van der Waals surface area (Å²) in [6.45, 7) is 9.11. The van der Waals surface area contributed by atoms with Crippen molar-refractivity contribution in [3.8, 4) is 0 Å². The Kier molecular flexibility index (Phi) is 8.19. The number of hydrogen-bond acceptors (Lipinski definition) is 5. The third kappa shape index (κ3) is 8.12. The van der Waals surface area contributed by atoms with Crippen molar-refractivity contribution in [1.82, 2.24) is 5.32 Å². The van der Waals surface area contributed by atoms with E-state index in [9.17, 15) is 14.4 Å². The molecule has 0 aliphatic carbocycles. The maximum absolute atomic E-state index is 13.0. The zero-order chi connectivity index (χ0) is 23.0. The van der Waals surface area contributed by atoms with Crippen molar-refractivity contribution in [2.75, 3.05) is 11.9 Å². The molecule has 0 saturated carbocycles. The molecule has 0 heterocycles. The van der Waals surface area contributed by atoms with Gasteiger partial charge in [-0.15, -0.1) is 0 Å². The summed E-state index contributed by atoms with van der Waals surface area (Å²) in [4.78, 5) is 37.1. The van der Waals surface area contributed by atoms with Crippen molar-refractivity contribution in [1.29, 1.82) is 0 Å². The number of benzene rings is 2. The first-order chi connectivity index (χ1) is 14.5. The lowest BCUT2D eigenvalue weighted by Gasteiger charge is -2.20. The third-order valence-electron chi connectivity index (χ3n) is 4.24. The fraction of sp³-hybridized carbons (Fsp3) is 0.375. The van der Waals surface area contributed by atoms with Crippen LogP contribution in [-0.2, 0) is 19.1 Å². The highest BCUT2D eigenvalue weighted by Crippen LogP contribution is 2.23. The van der Waals surface area contributed by atoms with Crippen molar-refractivity contribution < 1.29 is 23.9 Å². The molecule has 0 aliphatic rings. The van der Waals surface area contributed by atoms with Crippen LogP contribution in [0.4, 0.5) is 10.5 Å². The molecule has 0 aliphatic heterocycles. The largest absolute Gasteiger partial charge is 0.447 e. The first-order valence-corrected chi connectivity index (χ1v) is 10.1. The molecule has 7 heteroatoms. The number of carbonyl (C=O) groups is 3. The minimum Gasteiger partial charge on any atom is -0.447 e. The normalized spacial score (nSPS) is 11.9. The topological polar surface area (TPSA) is 93.7 Å². The Morgan fingerprint density at radius 1 is 1.00 bits per heavy atom. The SMILES string of the molecule is Cc1ccc(C)c(NC(=O)[C@H](OC(=O)CCNC(=O)OC(C)(C)C)c2ccccc2)c1. The molecule has 2 N–H and O–H groups in total. The van der Waals surface area contributed by atoms with Crippen LogP contribution in [0.15, 0.2) is 48.5 Å². The second kappa shape index (κ2) is 10.6. The Morgan fingerprint density at radius 2 is 1.68 bits per heavy atom. The maximum atomic E-state index is 13.0. The summed E-state index contributed by atoms with van der Waals surface area (Å²) in [6, 6.07) is 14.5. The van der Waals surface area contributed by atoms with Crippen molar-refractivity contribution in [2.24, 2.45) is 0 Å². The van der Waals surface area contributed by atoms with E-state index in [1.807, 2.05) is 38.1 Å². The number of nitrogens with one attached hydrogen (secondary N) is 2. The fourth-order valence-electron chi connectivity index (χ4n) is 2.74. The van der Waals surface area contributed by atoms with Crippen molar-refractivity contribution >= 4 is 23.7 Å². The van der Waals surface area contributed by atoms with Gasteiger partial charge in [0.1, 0.15) is 5.60 Å². The first-order valence-electron chi connectivity index (χ1n) is 10.1. The molecule has 0 bridgehead atoms. The lowest BCUT2D eigenvalue weighted by molar-refractivity contribution is -0.154. The summed E-state index contributed by atoms with van der Waals surface area (Å²) >= 11 is 0. The van der Waals surface area contributed by atoms with Gasteiger partial charge in [0.25, 0.3) is 5.91 Å². The Hall–Kier alpha value is -3.35. The number of hydrogen-bond donors (Lipinski definition) is 2. The van der Waals surface area contributed by atoms with E-state index in [0.717, 1.165) is 11.1 Å². The second-order valence-electron chi connectivity index (χ2n) is 8.27. The van der Waals surface area contributed by atoms with Crippen molar-refractivity contribution in [2.45, 2.75) is 52.7 Å². The van der Waals surface area contributed by atoms with Crippen molar-refractivity contribution in [3.63, 3.8) is 0 Å². The van der Waals surface area contributed by atoms with Gasteiger partial charge in [-0.2, -0.15) is 0 Å². The predicted octanol–water partition coefficient (Wildman–Crippen LogP) is 4.44. The number of alkyl carbamates (subject to hydrolysis) is 1. The van der Waals surface area contributed by atoms with Crippen LogP contribution in [0.25, 0.3) is 0 Å². The van der Waals surface area contributed by atoms with Gasteiger partial charge in [-0.1, -0.05) is 42.5 Å². The molecule has 1 atom stereocenters. The maximum Gasteiger partial charge on any atom is 0.407 e. The zero-order valence-electron chi connectivity index (χ0n) is 18.7. The third-order valence-corrected chi connectivity index (χ3v) is 4.24. The van der Waals surface area contributed by atoms with E-state index in [2.05, 4.69) is 10.6 Å². The molecule has 31 heavy (non-hydrogen) atoms. The number of esters is 1. The highest BCUT2D eigenvalue weighted by atomic mass is 16.6. The van der Waals surface area contributed by atoms with E-state index < -0.39 is 29.7 Å². The number of anilines is 1. The Morgan fingerprint density at radius 3 is 2.32 bits per heavy atom. The molecule has 2 aromatic rings. The van der Waals surface area contributed by atoms with Crippen LogP contribution in [0.3, 0.4) is 0 Å². The van der Waals surface area contributed by atoms with E-state index in [1.54, 1.807) is 45.0 Å². The number of carbonyl (C=O) groups excluding carboxylic acids is 3. The summed E-state index contributed by atoms with van der Waals surface area (Å²) in [5.74, 6) is -1.06. The van der Waals surface area contributed by atoms with Crippen LogP contribution in [0.2, 0.25) is 0 Å². The van der Waals surface area contributed by atoms with E-state index in [4.69, 9.17) is 9.47 Å². The number of rotatable bonds is 7. The van der Waals surface area contributed by atoms with Crippen LogP contribution < -0.4 is 10.6 Å². The lowest BCUT2D eigenvalue weighted by atomic mass is 10.1. The number of amides is 2. The molecule has 166 valence electrons. The molecule has 0 unspecified atom stereocenters. The molecule has 0 spiro atoms. The van der Waals surface area contributed by atoms with Crippen LogP contribution in [-0.4, -0.2) is 30.1 Å². The Labute approximate surface area is 183 Å². The predicted molar refractivity (Wildman–Crippen MR) is 119 cm³/mol. The molecular weight excluding hydrogens is 396 g/mol. The molecular formula is C24H30N2O5. The standard InChI is InChI=1S/C24H30N2O5/c1-16-11-12-17(2)19(15-16)26-22(28)21(18-9-7-6-8-10-18)30-20(27)13-14-25-23(29)31-24(3,4)5/h6-12,15,21H,13-14H2,1-5H3,(H,25,29)(H,26,28)/t21-/m1/s1. The highest BCUT2D eigenvalue weighted by Gasteiger charge is 2.25. The van der Waals surface area contributed by atoms with Gasteiger partial charge >= 0.3 is 12.1 Å². The van der Waals surface area contributed by atoms with Crippen molar-refractivity contribution in [3.05, 3.63) is 65.2 Å². The molecule has 2 aromatic carbocycles. The summed E-state index contributed by atoms with van der Waals surface area (Å²) in [5.41, 5.74) is 2.49. The first kappa shape index (κ1) is 23.9. The van der Waals surface area contributed by atoms with Crippen LogP contribution >= 0.6 is 0 Å². The molecule has 7 nitrogen and oxygen atoms in total. The van der Waals surface area contributed by atoms with Crippen LogP contribution in [0.5, 0.6) is 0 Å². The van der Waals surface area contributed by atoms with Gasteiger partial charge in [-0.3, -0.25) is 9.59 Å². The quantitative estimate of drug-likeness (QED) is 0.639. The molecule has 0 radical (unpaired) electrons. The van der Waals surface area contributed by atoms with Crippen LogP contribution in [0.1, 0.15) is 50.0 Å². The summed E-state index contributed by atoms with van der Waals surface area (Å²) in [5, 5.41) is 5.35. The molecule has 0 aromatic heterocycles. The van der Waals surface area contributed by atoms with E-state index in [0.29, 0.717) is 11.3 Å². The smallest absolute Gasteiger partial charge is 0.407 e. The second-order valence-corrected chi connectivity index (χ2v) is 8.27. The molecule has 0 saturated heterocycles. The van der Waals surface area contributed by atoms with Crippen LogP contribution in [0, 0.1) is 13.8 Å². The number of aryl methyl sites for hydroxylation is 2. The van der Waals surface area contributed by atoms with Gasteiger partial charge in [0.15, 0.2) is 0 Å². The zero-order valence-corrected chi connectivity index (χ0v) is 18.7. The van der Waals surface area contributed by atoms with Gasteiger partial charge < -0.3 is 20.1 Å². The monoisotopic (exact) mass is 426 g/mol. The van der Waals surface area contributed by atoms with E-state index in [1.165, 1.54) is 0 Å². The summed E-state index contributed by atoms with van der Waals surface area (Å²) < 4.78 is 10.6. The van der Waals surface area contributed by atoms with E-state index >= 15 is 0 Å². The van der Waals surface area contributed by atoms with Gasteiger partial charge in [0, 0.05) is 17.8 Å². The Bertz CT molecular complexity index is 919. The van der Waals surface area contributed by atoms with Gasteiger partial charge in [-0.05, 0) is 51.8 Å².